The van der Waals surface area contributed by atoms with Gasteiger partial charge in [0.25, 0.3) is 15.2 Å². The summed E-state index contributed by atoms with van der Waals surface area (Å²) in [6.45, 7) is 5.74. The van der Waals surface area contributed by atoms with Crippen molar-refractivity contribution in [3.63, 3.8) is 0 Å². The lowest BCUT2D eigenvalue weighted by atomic mass is 10.3. The van der Waals surface area contributed by atoms with E-state index in [9.17, 15) is 8.42 Å². The van der Waals surface area contributed by atoms with Crippen LogP contribution in [0.25, 0.3) is 0 Å². The van der Waals surface area contributed by atoms with Crippen molar-refractivity contribution in [1.29, 1.82) is 0 Å². The number of hydrogen-bond acceptors (Lipinski definition) is 4. The van der Waals surface area contributed by atoms with E-state index < -0.39 is 10.0 Å². The monoisotopic (exact) mass is 232 g/mol. The first-order chi connectivity index (χ1) is 6.88. The van der Waals surface area contributed by atoms with Gasteiger partial charge in [0, 0.05) is 12.5 Å². The molecule has 7 heteroatoms. The molecule has 1 aromatic heterocycles. The van der Waals surface area contributed by atoms with E-state index in [4.69, 9.17) is 5.14 Å². The second-order valence-electron chi connectivity index (χ2n) is 3.66. The highest BCUT2D eigenvalue weighted by Gasteiger charge is 2.22. The lowest BCUT2D eigenvalue weighted by Crippen LogP contribution is -2.20. The average Bonchev–Trinajstić information content (AvgIpc) is 2.47. The van der Waals surface area contributed by atoms with Gasteiger partial charge in [0.05, 0.1) is 0 Å². The number of aryl methyl sites for hydroxylation is 1. The van der Waals surface area contributed by atoms with Crippen LogP contribution in [-0.2, 0) is 16.4 Å². The molecule has 0 aliphatic heterocycles. The van der Waals surface area contributed by atoms with E-state index in [1.807, 2.05) is 20.8 Å². The molecule has 15 heavy (non-hydrogen) atoms. The van der Waals surface area contributed by atoms with E-state index in [1.54, 1.807) is 4.57 Å². The fourth-order valence-corrected chi connectivity index (χ4v) is 2.16. The molecule has 86 valence electrons. The molecule has 0 fully saturated rings. The third-order valence-corrected chi connectivity index (χ3v) is 2.77. The van der Waals surface area contributed by atoms with Gasteiger partial charge in [0.15, 0.2) is 0 Å². The summed E-state index contributed by atoms with van der Waals surface area (Å²) in [4.78, 5) is 0. The zero-order valence-electron chi connectivity index (χ0n) is 9.14. The SMILES string of the molecule is CCCc1nnc(S(N)(=O)=O)n1C(C)C. The zero-order valence-corrected chi connectivity index (χ0v) is 9.95. The molecule has 1 aromatic rings. The number of aromatic nitrogens is 3. The summed E-state index contributed by atoms with van der Waals surface area (Å²) in [6.07, 6.45) is 1.58. The molecule has 0 bridgehead atoms. The van der Waals surface area contributed by atoms with Crippen molar-refractivity contribution in [3.05, 3.63) is 5.82 Å². The second-order valence-corrected chi connectivity index (χ2v) is 5.11. The van der Waals surface area contributed by atoms with Gasteiger partial charge in [-0.15, -0.1) is 10.2 Å². The van der Waals surface area contributed by atoms with Crippen LogP contribution < -0.4 is 5.14 Å². The molecule has 0 saturated heterocycles. The molecule has 0 unspecified atom stereocenters. The quantitative estimate of drug-likeness (QED) is 0.816. The van der Waals surface area contributed by atoms with E-state index >= 15 is 0 Å². The van der Waals surface area contributed by atoms with Gasteiger partial charge in [-0.2, -0.15) is 0 Å². The molecular weight excluding hydrogens is 216 g/mol. The topological polar surface area (TPSA) is 90.9 Å². The summed E-state index contributed by atoms with van der Waals surface area (Å²) in [5.41, 5.74) is 0. The Kier molecular flexibility index (Phi) is 3.46. The Hall–Kier alpha value is -0.950. The molecular formula is C8H16N4O2S. The highest BCUT2D eigenvalue weighted by molar-refractivity contribution is 7.89. The number of rotatable bonds is 4. The van der Waals surface area contributed by atoms with E-state index in [0.29, 0.717) is 12.2 Å². The van der Waals surface area contributed by atoms with E-state index in [0.717, 1.165) is 6.42 Å². The standard InChI is InChI=1S/C8H16N4O2S/c1-4-5-7-10-11-8(15(9,13)14)12(7)6(2)3/h6H,4-5H2,1-3H3,(H2,9,13,14). The van der Waals surface area contributed by atoms with Crippen molar-refractivity contribution in [2.75, 3.05) is 0 Å². The van der Waals surface area contributed by atoms with Crippen molar-refractivity contribution in [2.24, 2.45) is 5.14 Å². The highest BCUT2D eigenvalue weighted by atomic mass is 32.2. The minimum atomic E-state index is -3.79. The first-order valence-electron chi connectivity index (χ1n) is 4.84. The summed E-state index contributed by atoms with van der Waals surface area (Å²) in [5, 5.41) is 12.4. The fourth-order valence-electron chi connectivity index (χ4n) is 1.41. The van der Waals surface area contributed by atoms with Crippen molar-refractivity contribution < 1.29 is 8.42 Å². The molecule has 1 heterocycles. The van der Waals surface area contributed by atoms with E-state index in [1.165, 1.54) is 0 Å². The average molecular weight is 232 g/mol. The van der Waals surface area contributed by atoms with Gasteiger partial charge in [-0.25, -0.2) is 13.6 Å². The van der Waals surface area contributed by atoms with Crippen LogP contribution in [0.3, 0.4) is 0 Å². The predicted octanol–water partition coefficient (Wildman–Crippen LogP) is 0.459. The van der Waals surface area contributed by atoms with E-state index in [-0.39, 0.29) is 11.2 Å². The predicted molar refractivity (Wildman–Crippen MR) is 55.8 cm³/mol. The van der Waals surface area contributed by atoms with Crippen LogP contribution in [0, 0.1) is 0 Å². The summed E-state index contributed by atoms with van der Waals surface area (Å²) in [7, 11) is -3.79. The summed E-state index contributed by atoms with van der Waals surface area (Å²) >= 11 is 0. The number of nitrogens with two attached hydrogens (primary N) is 1. The number of hydrogen-bond donors (Lipinski definition) is 1. The van der Waals surface area contributed by atoms with Crippen molar-refractivity contribution in [1.82, 2.24) is 14.8 Å². The maximum absolute atomic E-state index is 11.2. The summed E-state index contributed by atoms with van der Waals surface area (Å²) < 4.78 is 24.0. The van der Waals surface area contributed by atoms with Gasteiger partial charge in [0.1, 0.15) is 5.82 Å². The third-order valence-electron chi connectivity index (χ3n) is 1.98. The summed E-state index contributed by atoms with van der Waals surface area (Å²) in [6, 6.07) is -0.0186. The first-order valence-corrected chi connectivity index (χ1v) is 6.39. The van der Waals surface area contributed by atoms with E-state index in [2.05, 4.69) is 10.2 Å². The maximum atomic E-state index is 11.2. The van der Waals surface area contributed by atoms with Crippen molar-refractivity contribution >= 4 is 10.0 Å². The first kappa shape index (κ1) is 12.1. The van der Waals surface area contributed by atoms with Gasteiger partial charge < -0.3 is 0 Å². The van der Waals surface area contributed by atoms with Gasteiger partial charge >= 0.3 is 0 Å². The smallest absolute Gasteiger partial charge is 0.273 e. The van der Waals surface area contributed by atoms with Crippen LogP contribution in [0.15, 0.2) is 5.16 Å². The summed E-state index contributed by atoms with van der Waals surface area (Å²) in [5.74, 6) is 0.663. The lowest BCUT2D eigenvalue weighted by Gasteiger charge is -2.12. The lowest BCUT2D eigenvalue weighted by molar-refractivity contribution is 0.502. The molecule has 0 aliphatic rings. The van der Waals surface area contributed by atoms with Crippen LogP contribution in [0.4, 0.5) is 0 Å². The van der Waals surface area contributed by atoms with Crippen LogP contribution in [0.5, 0.6) is 0 Å². The Morgan fingerprint density at radius 3 is 2.40 bits per heavy atom. The molecule has 0 spiro atoms. The highest BCUT2D eigenvalue weighted by Crippen LogP contribution is 2.15. The normalized spacial score (nSPS) is 12.3. The molecule has 2 N–H and O–H groups in total. The number of sulfonamides is 1. The van der Waals surface area contributed by atoms with Crippen LogP contribution in [-0.4, -0.2) is 23.2 Å². The minimum absolute atomic E-state index is 0.0186. The van der Waals surface area contributed by atoms with Gasteiger partial charge in [-0.3, -0.25) is 4.57 Å². The van der Waals surface area contributed by atoms with Gasteiger partial charge in [-0.05, 0) is 20.3 Å². The minimum Gasteiger partial charge on any atom is -0.298 e. The maximum Gasteiger partial charge on any atom is 0.273 e. The molecule has 0 radical (unpaired) electrons. The van der Waals surface area contributed by atoms with Crippen molar-refractivity contribution in [3.8, 4) is 0 Å². The third kappa shape index (κ3) is 2.54. The van der Waals surface area contributed by atoms with Crippen molar-refractivity contribution in [2.45, 2.75) is 44.8 Å². The number of primary sulfonamides is 1. The Morgan fingerprint density at radius 1 is 1.40 bits per heavy atom. The van der Waals surface area contributed by atoms with Crippen LogP contribution in [0.2, 0.25) is 0 Å². The Balaban J connectivity index is 3.31. The Labute approximate surface area is 89.5 Å². The Bertz CT molecular complexity index is 435. The molecule has 1 rings (SSSR count). The second kappa shape index (κ2) is 4.28. The molecule has 0 aromatic carbocycles. The largest absolute Gasteiger partial charge is 0.298 e. The molecule has 0 amide bonds. The Morgan fingerprint density at radius 2 is 2.00 bits per heavy atom. The van der Waals surface area contributed by atoms with Crippen LogP contribution in [0.1, 0.15) is 39.1 Å². The van der Waals surface area contributed by atoms with Crippen LogP contribution >= 0.6 is 0 Å². The molecule has 0 atom stereocenters. The fraction of sp³-hybridized carbons (Fsp3) is 0.750. The van der Waals surface area contributed by atoms with Gasteiger partial charge in [-0.1, -0.05) is 6.92 Å². The zero-order chi connectivity index (χ0) is 11.6. The molecule has 0 saturated carbocycles. The van der Waals surface area contributed by atoms with Gasteiger partial charge in [0.2, 0.25) is 0 Å². The molecule has 0 aliphatic carbocycles. The molecule has 6 nitrogen and oxygen atoms in total. The number of nitrogens with zero attached hydrogens (tertiary/aromatic N) is 3.